The molecule has 3 heteroatoms. The Morgan fingerprint density at radius 1 is 1.35 bits per heavy atom. The van der Waals surface area contributed by atoms with Gasteiger partial charge in [0.1, 0.15) is 11.6 Å². The zero-order valence-electron chi connectivity index (χ0n) is 11.5. The van der Waals surface area contributed by atoms with Crippen LogP contribution in [-0.4, -0.2) is 16.5 Å². The van der Waals surface area contributed by atoms with Gasteiger partial charge in [-0.2, -0.15) is 0 Å². The van der Waals surface area contributed by atoms with Crippen LogP contribution in [0.4, 0.5) is 5.82 Å². The summed E-state index contributed by atoms with van der Waals surface area (Å²) in [5.74, 6) is 3.33. The molecular weight excluding hydrogens is 210 g/mol. The van der Waals surface area contributed by atoms with Gasteiger partial charge in [0.2, 0.25) is 0 Å². The van der Waals surface area contributed by atoms with E-state index in [1.165, 1.54) is 6.42 Å². The fraction of sp³-hybridized carbons (Fsp3) is 0.714. The highest BCUT2D eigenvalue weighted by Crippen LogP contribution is 2.45. The van der Waals surface area contributed by atoms with Gasteiger partial charge in [0.15, 0.2) is 0 Å². The van der Waals surface area contributed by atoms with Crippen LogP contribution in [0.3, 0.4) is 0 Å². The zero-order chi connectivity index (χ0) is 12.6. The number of rotatable bonds is 3. The Kier molecular flexibility index (Phi) is 3.11. The summed E-state index contributed by atoms with van der Waals surface area (Å²) in [4.78, 5) is 9.38. The van der Waals surface area contributed by atoms with E-state index in [1.54, 1.807) is 0 Å². The summed E-state index contributed by atoms with van der Waals surface area (Å²) in [5, 5.41) is 3.31. The molecule has 2 atom stereocenters. The normalized spacial score (nSPS) is 23.6. The van der Waals surface area contributed by atoms with Gasteiger partial charge in [0, 0.05) is 23.9 Å². The van der Waals surface area contributed by atoms with Crippen molar-refractivity contribution in [3.05, 3.63) is 17.6 Å². The van der Waals surface area contributed by atoms with Gasteiger partial charge >= 0.3 is 0 Å². The molecule has 1 heterocycles. The van der Waals surface area contributed by atoms with E-state index < -0.39 is 0 Å². The van der Waals surface area contributed by atoms with Crippen LogP contribution < -0.4 is 5.32 Å². The maximum atomic E-state index is 4.75. The summed E-state index contributed by atoms with van der Waals surface area (Å²) in [5.41, 5.74) is 1.22. The van der Waals surface area contributed by atoms with Gasteiger partial charge in [-0.3, -0.25) is 0 Å². The maximum Gasteiger partial charge on any atom is 0.134 e. The monoisotopic (exact) mass is 233 g/mol. The van der Waals surface area contributed by atoms with Crippen molar-refractivity contribution in [2.75, 3.05) is 11.9 Å². The van der Waals surface area contributed by atoms with Crippen LogP contribution in [-0.2, 0) is 5.41 Å². The Balaban J connectivity index is 2.36. The summed E-state index contributed by atoms with van der Waals surface area (Å²) < 4.78 is 0. The summed E-state index contributed by atoms with van der Waals surface area (Å²) in [7, 11) is 0. The summed E-state index contributed by atoms with van der Waals surface area (Å²) in [6.45, 7) is 11.9. The predicted octanol–water partition coefficient (Wildman–Crippen LogP) is 3.33. The summed E-state index contributed by atoms with van der Waals surface area (Å²) in [6.07, 6.45) is 1.24. The third kappa shape index (κ3) is 2.76. The second-order valence-corrected chi connectivity index (χ2v) is 6.10. The molecule has 0 saturated heterocycles. The minimum absolute atomic E-state index is 0.0833. The van der Waals surface area contributed by atoms with E-state index in [-0.39, 0.29) is 5.41 Å². The first kappa shape index (κ1) is 12.3. The number of aromatic nitrogens is 2. The molecule has 17 heavy (non-hydrogen) atoms. The van der Waals surface area contributed by atoms with Crippen molar-refractivity contribution in [3.63, 3.8) is 0 Å². The van der Waals surface area contributed by atoms with Crippen molar-refractivity contribution >= 4 is 5.82 Å². The van der Waals surface area contributed by atoms with Gasteiger partial charge in [-0.1, -0.05) is 27.7 Å². The smallest absolute Gasteiger partial charge is 0.134 e. The molecule has 1 aromatic rings. The minimum atomic E-state index is 0.0833. The van der Waals surface area contributed by atoms with Gasteiger partial charge < -0.3 is 5.32 Å². The van der Waals surface area contributed by atoms with Gasteiger partial charge in [-0.05, 0) is 19.3 Å². The Bertz CT molecular complexity index is 406. The second kappa shape index (κ2) is 4.28. The molecule has 0 radical (unpaired) electrons. The third-order valence-corrected chi connectivity index (χ3v) is 3.31. The lowest BCUT2D eigenvalue weighted by molar-refractivity contribution is 0.561. The molecular formula is C14H23N3. The van der Waals surface area contributed by atoms with Crippen LogP contribution >= 0.6 is 0 Å². The Hall–Kier alpha value is -1.12. The molecule has 0 amide bonds. The molecule has 1 aromatic heterocycles. The molecule has 2 rings (SSSR count). The van der Waals surface area contributed by atoms with Gasteiger partial charge in [-0.15, -0.1) is 0 Å². The lowest BCUT2D eigenvalue weighted by Gasteiger charge is -2.19. The number of nitrogens with zero attached hydrogens (tertiary/aromatic N) is 2. The molecule has 1 fully saturated rings. The van der Waals surface area contributed by atoms with Crippen molar-refractivity contribution in [3.8, 4) is 0 Å². The van der Waals surface area contributed by atoms with E-state index in [4.69, 9.17) is 4.98 Å². The predicted molar refractivity (Wildman–Crippen MR) is 71.4 cm³/mol. The van der Waals surface area contributed by atoms with Crippen molar-refractivity contribution in [2.24, 2.45) is 5.92 Å². The van der Waals surface area contributed by atoms with E-state index in [1.807, 2.05) is 0 Å². The summed E-state index contributed by atoms with van der Waals surface area (Å²) >= 11 is 0. The Labute approximate surface area is 104 Å². The standard InChI is InChI=1S/C14H23N3/c1-6-15-12-8-11(14(3,4)5)16-13(17-12)10-7-9(10)2/h8-10H,6-7H2,1-5H3,(H,15,16,17). The minimum Gasteiger partial charge on any atom is -0.370 e. The molecule has 0 spiro atoms. The molecule has 1 saturated carbocycles. The fourth-order valence-electron chi connectivity index (χ4n) is 1.97. The molecule has 1 N–H and O–H groups in total. The van der Waals surface area contributed by atoms with Gasteiger partial charge in [0.05, 0.1) is 5.69 Å². The first-order valence-electron chi connectivity index (χ1n) is 6.55. The summed E-state index contributed by atoms with van der Waals surface area (Å²) in [6, 6.07) is 2.08. The lowest BCUT2D eigenvalue weighted by Crippen LogP contribution is -2.16. The van der Waals surface area contributed by atoms with Crippen LogP contribution in [0, 0.1) is 5.92 Å². The SMILES string of the molecule is CCNc1cc(C(C)(C)C)nc(C2CC2C)n1. The van der Waals surface area contributed by atoms with E-state index in [0.29, 0.717) is 5.92 Å². The largest absolute Gasteiger partial charge is 0.370 e. The third-order valence-electron chi connectivity index (χ3n) is 3.31. The van der Waals surface area contributed by atoms with Crippen molar-refractivity contribution in [1.29, 1.82) is 0 Å². The van der Waals surface area contributed by atoms with Crippen LogP contribution in [0.2, 0.25) is 0 Å². The average Bonchev–Trinajstić information content (AvgIpc) is 2.94. The van der Waals surface area contributed by atoms with Crippen LogP contribution in [0.25, 0.3) is 0 Å². The van der Waals surface area contributed by atoms with E-state index in [2.05, 4.69) is 51.0 Å². The highest BCUT2D eigenvalue weighted by molar-refractivity contribution is 5.39. The molecule has 0 aromatic carbocycles. The molecule has 3 nitrogen and oxygen atoms in total. The topological polar surface area (TPSA) is 37.8 Å². The molecule has 94 valence electrons. The zero-order valence-corrected chi connectivity index (χ0v) is 11.5. The number of hydrogen-bond donors (Lipinski definition) is 1. The van der Waals surface area contributed by atoms with Crippen molar-refractivity contribution in [2.45, 2.75) is 52.4 Å². The van der Waals surface area contributed by atoms with Crippen molar-refractivity contribution < 1.29 is 0 Å². The van der Waals surface area contributed by atoms with Crippen LogP contribution in [0.15, 0.2) is 6.07 Å². The van der Waals surface area contributed by atoms with Crippen LogP contribution in [0.1, 0.15) is 58.5 Å². The van der Waals surface area contributed by atoms with Gasteiger partial charge in [-0.25, -0.2) is 9.97 Å². The fourth-order valence-corrected chi connectivity index (χ4v) is 1.97. The lowest BCUT2D eigenvalue weighted by atomic mass is 9.92. The maximum absolute atomic E-state index is 4.75. The molecule has 0 aliphatic heterocycles. The molecule has 2 unspecified atom stereocenters. The van der Waals surface area contributed by atoms with Crippen molar-refractivity contribution in [1.82, 2.24) is 9.97 Å². The first-order valence-corrected chi connectivity index (χ1v) is 6.55. The molecule has 0 bridgehead atoms. The second-order valence-electron chi connectivity index (χ2n) is 6.10. The van der Waals surface area contributed by atoms with Gasteiger partial charge in [0.25, 0.3) is 0 Å². The van der Waals surface area contributed by atoms with E-state index in [0.717, 1.165) is 29.8 Å². The quantitative estimate of drug-likeness (QED) is 0.870. The first-order chi connectivity index (χ1) is 7.91. The number of anilines is 1. The highest BCUT2D eigenvalue weighted by Gasteiger charge is 2.37. The number of hydrogen-bond acceptors (Lipinski definition) is 3. The Morgan fingerprint density at radius 2 is 2.00 bits per heavy atom. The molecule has 1 aliphatic rings. The average molecular weight is 233 g/mol. The molecule has 1 aliphatic carbocycles. The number of nitrogens with one attached hydrogen (secondary N) is 1. The van der Waals surface area contributed by atoms with E-state index in [9.17, 15) is 0 Å². The van der Waals surface area contributed by atoms with Crippen LogP contribution in [0.5, 0.6) is 0 Å². The Morgan fingerprint density at radius 3 is 2.47 bits per heavy atom. The highest BCUT2D eigenvalue weighted by atomic mass is 15.0. The van der Waals surface area contributed by atoms with E-state index >= 15 is 0 Å².